The molecule has 0 aliphatic rings. The Labute approximate surface area is 63.3 Å². The zero-order chi connectivity index (χ0) is 8.57. The van der Waals surface area contributed by atoms with E-state index in [1.54, 1.807) is 0 Å². The molecule has 2 nitrogen and oxygen atoms in total. The molecule has 0 fully saturated rings. The van der Waals surface area contributed by atoms with Crippen molar-refractivity contribution in [1.29, 1.82) is 0 Å². The van der Waals surface area contributed by atoms with E-state index in [4.69, 9.17) is 5.11 Å². The van der Waals surface area contributed by atoms with Crippen molar-refractivity contribution in [3.05, 3.63) is 24.6 Å². The lowest BCUT2D eigenvalue weighted by Gasteiger charge is -2.02. The van der Waals surface area contributed by atoms with Crippen LogP contribution in [0.25, 0.3) is 0 Å². The fourth-order valence-corrected chi connectivity index (χ4v) is 0.315. The van der Waals surface area contributed by atoms with Crippen LogP contribution in [0.4, 0.5) is 0 Å². The summed E-state index contributed by atoms with van der Waals surface area (Å²) in [4.78, 5) is 0. The molecule has 10 heavy (non-hydrogen) atoms. The SMILES string of the molecule is C=C(O)C(=C)NCC.CC. The first-order valence-corrected chi connectivity index (χ1v) is 3.49. The zero-order valence-corrected chi connectivity index (χ0v) is 7.07. The molecule has 0 spiro atoms. The summed E-state index contributed by atoms with van der Waals surface area (Å²) in [6, 6.07) is 0. The molecule has 0 rings (SSSR count). The van der Waals surface area contributed by atoms with Crippen molar-refractivity contribution in [2.75, 3.05) is 6.54 Å². The summed E-state index contributed by atoms with van der Waals surface area (Å²) in [5, 5.41) is 11.4. The van der Waals surface area contributed by atoms with Gasteiger partial charge in [-0.15, -0.1) is 0 Å². The van der Waals surface area contributed by atoms with E-state index in [0.29, 0.717) is 5.70 Å². The third kappa shape index (κ3) is 7.08. The Morgan fingerprint density at radius 2 is 1.80 bits per heavy atom. The van der Waals surface area contributed by atoms with Gasteiger partial charge in [0.1, 0.15) is 5.76 Å². The maximum atomic E-state index is 8.60. The summed E-state index contributed by atoms with van der Waals surface area (Å²) >= 11 is 0. The molecule has 0 saturated carbocycles. The predicted molar refractivity (Wildman–Crippen MR) is 45.9 cm³/mol. The summed E-state index contributed by atoms with van der Waals surface area (Å²) in [6.45, 7) is 13.4. The van der Waals surface area contributed by atoms with E-state index in [-0.39, 0.29) is 5.76 Å². The highest BCUT2D eigenvalue weighted by Gasteiger charge is 1.90. The van der Waals surface area contributed by atoms with Gasteiger partial charge in [-0.25, -0.2) is 0 Å². The Kier molecular flexibility index (Phi) is 9.56. The molecular formula is C8H17NO. The Morgan fingerprint density at radius 3 is 1.90 bits per heavy atom. The number of rotatable bonds is 3. The van der Waals surface area contributed by atoms with Gasteiger partial charge in [-0.05, 0) is 6.92 Å². The molecule has 0 unspecified atom stereocenters. The molecule has 0 radical (unpaired) electrons. The van der Waals surface area contributed by atoms with Crippen molar-refractivity contribution in [3.8, 4) is 0 Å². The average molecular weight is 143 g/mol. The van der Waals surface area contributed by atoms with Crippen LogP contribution in [0, 0.1) is 0 Å². The smallest absolute Gasteiger partial charge is 0.130 e. The Balaban J connectivity index is 0. The summed E-state index contributed by atoms with van der Waals surface area (Å²) in [5.74, 6) is 0.00634. The first-order chi connectivity index (χ1) is 4.68. The number of nitrogens with one attached hydrogen (secondary N) is 1. The van der Waals surface area contributed by atoms with Crippen LogP contribution in [0.5, 0.6) is 0 Å². The average Bonchev–Trinajstić information content (AvgIpc) is 1.93. The lowest BCUT2D eigenvalue weighted by molar-refractivity contribution is 0.418. The lowest BCUT2D eigenvalue weighted by atomic mass is 10.4. The fourth-order valence-electron chi connectivity index (χ4n) is 0.315. The Morgan fingerprint density at radius 1 is 1.40 bits per heavy atom. The number of hydrogen-bond acceptors (Lipinski definition) is 2. The molecule has 0 amide bonds. The highest BCUT2D eigenvalue weighted by Crippen LogP contribution is 1.92. The minimum absolute atomic E-state index is 0.00634. The van der Waals surface area contributed by atoms with Gasteiger partial charge in [-0.1, -0.05) is 27.0 Å². The van der Waals surface area contributed by atoms with Gasteiger partial charge in [0.25, 0.3) is 0 Å². The Bertz CT molecular complexity index is 108. The molecule has 0 aromatic carbocycles. The summed E-state index contributed by atoms with van der Waals surface area (Å²) < 4.78 is 0. The molecule has 0 saturated heterocycles. The number of likely N-dealkylation sites (N-methyl/N-ethyl adjacent to an activating group) is 1. The van der Waals surface area contributed by atoms with Crippen molar-refractivity contribution in [2.24, 2.45) is 0 Å². The van der Waals surface area contributed by atoms with E-state index >= 15 is 0 Å². The van der Waals surface area contributed by atoms with Gasteiger partial charge >= 0.3 is 0 Å². The molecule has 0 bridgehead atoms. The van der Waals surface area contributed by atoms with E-state index in [1.165, 1.54) is 0 Å². The third-order valence-electron chi connectivity index (χ3n) is 0.739. The van der Waals surface area contributed by atoms with E-state index < -0.39 is 0 Å². The summed E-state index contributed by atoms with van der Waals surface area (Å²) in [7, 11) is 0. The first-order valence-electron chi connectivity index (χ1n) is 3.49. The molecule has 0 aliphatic carbocycles. The van der Waals surface area contributed by atoms with Gasteiger partial charge in [0.15, 0.2) is 0 Å². The second-order valence-corrected chi connectivity index (χ2v) is 1.46. The van der Waals surface area contributed by atoms with Crippen LogP contribution < -0.4 is 5.32 Å². The minimum Gasteiger partial charge on any atom is -0.506 e. The standard InChI is InChI=1S/C6H11NO.C2H6/c1-4-7-5(2)6(3)8;1-2/h7-8H,2-4H2,1H3;1-2H3. The van der Waals surface area contributed by atoms with Crippen LogP contribution in [0.15, 0.2) is 24.6 Å². The third-order valence-corrected chi connectivity index (χ3v) is 0.739. The van der Waals surface area contributed by atoms with E-state index in [1.807, 2.05) is 20.8 Å². The van der Waals surface area contributed by atoms with Crippen molar-refractivity contribution in [3.63, 3.8) is 0 Å². The summed E-state index contributed by atoms with van der Waals surface area (Å²) in [5.41, 5.74) is 0.493. The van der Waals surface area contributed by atoms with E-state index in [0.717, 1.165) is 6.54 Å². The fraction of sp³-hybridized carbons (Fsp3) is 0.500. The number of aliphatic hydroxyl groups excluding tert-OH is 1. The maximum Gasteiger partial charge on any atom is 0.130 e. The second kappa shape index (κ2) is 8.08. The van der Waals surface area contributed by atoms with Crippen LogP contribution in [0.3, 0.4) is 0 Å². The largest absolute Gasteiger partial charge is 0.506 e. The van der Waals surface area contributed by atoms with Crippen LogP contribution in [-0.2, 0) is 0 Å². The monoisotopic (exact) mass is 143 g/mol. The van der Waals surface area contributed by atoms with Crippen molar-refractivity contribution < 1.29 is 5.11 Å². The van der Waals surface area contributed by atoms with Crippen LogP contribution in [0.2, 0.25) is 0 Å². The second-order valence-electron chi connectivity index (χ2n) is 1.46. The van der Waals surface area contributed by atoms with Gasteiger partial charge < -0.3 is 10.4 Å². The molecule has 0 heterocycles. The topological polar surface area (TPSA) is 32.3 Å². The van der Waals surface area contributed by atoms with Crippen LogP contribution >= 0.6 is 0 Å². The quantitative estimate of drug-likeness (QED) is 0.469. The number of hydrogen-bond donors (Lipinski definition) is 2. The lowest BCUT2D eigenvalue weighted by Crippen LogP contribution is -2.11. The van der Waals surface area contributed by atoms with Gasteiger partial charge in [-0.3, -0.25) is 0 Å². The van der Waals surface area contributed by atoms with Crippen LogP contribution in [0.1, 0.15) is 20.8 Å². The van der Waals surface area contributed by atoms with E-state index in [9.17, 15) is 0 Å². The molecule has 0 aromatic rings. The summed E-state index contributed by atoms with van der Waals surface area (Å²) in [6.07, 6.45) is 0. The molecule has 0 atom stereocenters. The highest BCUT2D eigenvalue weighted by atomic mass is 16.3. The normalized spacial score (nSPS) is 7.10. The minimum atomic E-state index is 0.00634. The van der Waals surface area contributed by atoms with Crippen molar-refractivity contribution in [2.45, 2.75) is 20.8 Å². The molecule has 2 heteroatoms. The molecule has 2 N–H and O–H groups in total. The molecular weight excluding hydrogens is 126 g/mol. The Hall–Kier alpha value is -0.920. The zero-order valence-electron chi connectivity index (χ0n) is 7.07. The van der Waals surface area contributed by atoms with Crippen LogP contribution in [-0.4, -0.2) is 11.7 Å². The first kappa shape index (κ1) is 11.8. The molecule has 0 aliphatic heterocycles. The predicted octanol–water partition coefficient (Wildman–Crippen LogP) is 2.21. The van der Waals surface area contributed by atoms with Gasteiger partial charge in [0.05, 0.1) is 5.70 Å². The molecule has 60 valence electrons. The van der Waals surface area contributed by atoms with Gasteiger partial charge in [0.2, 0.25) is 0 Å². The van der Waals surface area contributed by atoms with Gasteiger partial charge in [0, 0.05) is 6.54 Å². The number of aliphatic hydroxyl groups is 1. The van der Waals surface area contributed by atoms with Crippen molar-refractivity contribution >= 4 is 0 Å². The molecule has 0 aromatic heterocycles. The van der Waals surface area contributed by atoms with Crippen molar-refractivity contribution in [1.82, 2.24) is 5.32 Å². The maximum absolute atomic E-state index is 8.60. The van der Waals surface area contributed by atoms with Gasteiger partial charge in [-0.2, -0.15) is 0 Å². The highest BCUT2D eigenvalue weighted by molar-refractivity contribution is 5.14. The van der Waals surface area contributed by atoms with E-state index in [2.05, 4.69) is 18.5 Å².